The zero-order chi connectivity index (χ0) is 3.58. The summed E-state index contributed by atoms with van der Waals surface area (Å²) in [5.74, 6) is 0. The van der Waals surface area contributed by atoms with E-state index in [1.807, 2.05) is 0 Å². The first kappa shape index (κ1) is 39.6. The second kappa shape index (κ2) is 26.1. The summed E-state index contributed by atoms with van der Waals surface area (Å²) >= 11 is 0. The summed E-state index contributed by atoms with van der Waals surface area (Å²) in [5, 5.41) is 0. The molecule has 0 rings (SSSR count). The Morgan fingerprint density at radius 2 is 1.00 bits per heavy atom. The van der Waals surface area contributed by atoms with E-state index >= 15 is 0 Å². The van der Waals surface area contributed by atoms with Crippen LogP contribution < -0.4 is 9.79 Å². The molecular weight excluding hydrogens is 182 g/mol. The fraction of sp³-hybridized carbons (Fsp3) is 0. The molecule has 0 saturated carbocycles. The predicted octanol–water partition coefficient (Wildman–Crippen LogP) is -4.11. The molecule has 0 aliphatic rings. The number of rotatable bonds is 0. The van der Waals surface area contributed by atoms with Crippen LogP contribution in [0.1, 0.15) is 0 Å². The van der Waals surface area contributed by atoms with Crippen LogP contribution in [0.2, 0.25) is 0 Å². The van der Waals surface area contributed by atoms with Gasteiger partial charge in [0.2, 0.25) is 0 Å². The van der Waals surface area contributed by atoms with E-state index in [1.54, 1.807) is 0 Å². The standard InChI is InChI=1S/Mn.HO3P.3H2O/c;1-4(2)3;;;/h;(H,1,2,3);3*1H2/q+2;;;;/p-1. The van der Waals surface area contributed by atoms with Crippen LogP contribution in [0.15, 0.2) is 0 Å². The van der Waals surface area contributed by atoms with Gasteiger partial charge in [-0.25, -0.2) is 0 Å². The molecule has 8 heavy (non-hydrogen) atoms. The SMILES string of the molecule is O.O.O.O=[P+]([O-])[O-].[Mn+2]. The molecule has 0 aromatic rings. The van der Waals surface area contributed by atoms with E-state index in [0.717, 1.165) is 0 Å². The van der Waals surface area contributed by atoms with Gasteiger partial charge in [0.1, 0.15) is 0 Å². The summed E-state index contributed by atoms with van der Waals surface area (Å²) in [6, 6.07) is 0. The minimum Gasteiger partial charge on any atom is -0.598 e. The second-order valence-electron chi connectivity index (χ2n) is 0.224. The van der Waals surface area contributed by atoms with Crippen molar-refractivity contribution >= 4 is 8.25 Å². The summed E-state index contributed by atoms with van der Waals surface area (Å²) in [6.07, 6.45) is 0. The zero-order valence-corrected chi connectivity index (χ0v) is 5.62. The Kier molecular flexibility index (Phi) is 130. The molecule has 0 unspecified atom stereocenters. The summed E-state index contributed by atoms with van der Waals surface area (Å²) in [6.45, 7) is 0. The van der Waals surface area contributed by atoms with Crippen LogP contribution >= 0.6 is 8.25 Å². The Bertz CT molecular complexity index is 31.5. The van der Waals surface area contributed by atoms with E-state index in [9.17, 15) is 0 Å². The van der Waals surface area contributed by atoms with Gasteiger partial charge in [-0.1, -0.05) is 4.57 Å². The molecule has 0 saturated heterocycles. The maximum atomic E-state index is 8.48. The Morgan fingerprint density at radius 3 is 1.00 bits per heavy atom. The quantitative estimate of drug-likeness (QED) is 0.279. The van der Waals surface area contributed by atoms with Crippen LogP contribution in [-0.2, 0) is 21.6 Å². The molecule has 0 amide bonds. The molecule has 0 atom stereocenters. The Hall–Kier alpha value is 0.419. The van der Waals surface area contributed by atoms with Crippen LogP contribution in [0.4, 0.5) is 0 Å². The minimum atomic E-state index is -3.37. The van der Waals surface area contributed by atoms with Gasteiger partial charge in [0.05, 0.1) is 0 Å². The average Bonchev–Trinajstić information content (AvgIpc) is 0.811. The summed E-state index contributed by atoms with van der Waals surface area (Å²) in [4.78, 5) is 17.0. The van der Waals surface area contributed by atoms with Crippen molar-refractivity contribution < 1.29 is 47.8 Å². The maximum Gasteiger partial charge on any atom is 2.00 e. The average molecular weight is 188 g/mol. The molecule has 0 aliphatic carbocycles. The first-order chi connectivity index (χ1) is 1.73. The van der Waals surface area contributed by atoms with E-state index in [0.29, 0.717) is 0 Å². The molecular formula is H6MnO6P+. The second-order valence-corrected chi connectivity index (χ2v) is 0.671. The van der Waals surface area contributed by atoms with Crippen molar-refractivity contribution in [3.8, 4) is 0 Å². The first-order valence-electron chi connectivity index (χ1n) is 0.548. The van der Waals surface area contributed by atoms with E-state index < -0.39 is 8.25 Å². The van der Waals surface area contributed by atoms with Crippen LogP contribution in [-0.4, -0.2) is 16.4 Å². The van der Waals surface area contributed by atoms with Gasteiger partial charge in [0, 0.05) is 0 Å². The minimum absolute atomic E-state index is 0. The molecule has 0 spiro atoms. The van der Waals surface area contributed by atoms with Gasteiger partial charge < -0.3 is 26.2 Å². The Labute approximate surface area is 56.9 Å². The summed E-state index contributed by atoms with van der Waals surface area (Å²) < 4.78 is 8.48. The zero-order valence-electron chi connectivity index (χ0n) is 3.55. The smallest absolute Gasteiger partial charge is 0.598 e. The van der Waals surface area contributed by atoms with Crippen LogP contribution in [0.25, 0.3) is 0 Å². The van der Waals surface area contributed by atoms with Crippen molar-refractivity contribution in [2.75, 3.05) is 0 Å². The third-order valence-electron chi connectivity index (χ3n) is 0. The normalized spacial score (nSPS) is 3.25. The van der Waals surface area contributed by atoms with E-state index in [-0.39, 0.29) is 33.5 Å². The topological polar surface area (TPSA) is 158 Å². The monoisotopic (exact) mass is 188 g/mol. The van der Waals surface area contributed by atoms with Crippen molar-refractivity contribution in [3.63, 3.8) is 0 Å². The van der Waals surface area contributed by atoms with Gasteiger partial charge in [-0.3, -0.25) is 0 Å². The predicted molar refractivity (Wildman–Crippen MR) is 18.4 cm³/mol. The molecule has 6 N–H and O–H groups in total. The maximum absolute atomic E-state index is 8.48. The van der Waals surface area contributed by atoms with Crippen molar-refractivity contribution in [2.45, 2.75) is 0 Å². The van der Waals surface area contributed by atoms with Crippen LogP contribution in [0, 0.1) is 0 Å². The van der Waals surface area contributed by atoms with Gasteiger partial charge in [-0.15, -0.1) is 0 Å². The molecule has 53 valence electrons. The molecule has 1 radical (unpaired) electrons. The largest absolute Gasteiger partial charge is 2.00 e. The molecule has 0 bridgehead atoms. The third-order valence-corrected chi connectivity index (χ3v) is 0. The Morgan fingerprint density at radius 1 is 1.00 bits per heavy atom. The first-order valence-corrected chi connectivity index (χ1v) is 1.64. The van der Waals surface area contributed by atoms with Gasteiger partial charge in [-0.05, 0) is 0 Å². The third kappa shape index (κ3) is 1070. The van der Waals surface area contributed by atoms with Crippen molar-refractivity contribution in [3.05, 3.63) is 0 Å². The fourth-order valence-electron chi connectivity index (χ4n) is 0. The molecule has 0 aromatic heterocycles. The summed E-state index contributed by atoms with van der Waals surface area (Å²) in [5.41, 5.74) is 0. The van der Waals surface area contributed by atoms with Gasteiger partial charge >= 0.3 is 17.1 Å². The fourth-order valence-corrected chi connectivity index (χ4v) is 0. The van der Waals surface area contributed by atoms with Gasteiger partial charge in [0.25, 0.3) is 8.25 Å². The molecule has 0 aliphatic heterocycles. The molecule has 0 aromatic carbocycles. The van der Waals surface area contributed by atoms with E-state index in [2.05, 4.69) is 0 Å². The number of hydrogen-bond acceptors (Lipinski definition) is 3. The van der Waals surface area contributed by atoms with Crippen LogP contribution in [0.3, 0.4) is 0 Å². The molecule has 6 nitrogen and oxygen atoms in total. The van der Waals surface area contributed by atoms with E-state index in [1.165, 1.54) is 0 Å². The van der Waals surface area contributed by atoms with Crippen molar-refractivity contribution in [2.24, 2.45) is 0 Å². The van der Waals surface area contributed by atoms with Crippen molar-refractivity contribution in [1.82, 2.24) is 0 Å². The molecule has 0 heterocycles. The van der Waals surface area contributed by atoms with E-state index in [4.69, 9.17) is 14.4 Å². The van der Waals surface area contributed by atoms with Gasteiger partial charge in [-0.2, -0.15) is 0 Å². The van der Waals surface area contributed by atoms with Crippen LogP contribution in [0.5, 0.6) is 0 Å². The Balaban J connectivity index is -0.00000000750. The molecule has 0 fully saturated rings. The van der Waals surface area contributed by atoms with Gasteiger partial charge in [0.15, 0.2) is 0 Å². The summed E-state index contributed by atoms with van der Waals surface area (Å²) in [7, 11) is -3.37. The number of hydrogen-bond donors (Lipinski definition) is 0. The molecule has 8 heteroatoms. The van der Waals surface area contributed by atoms with Crippen molar-refractivity contribution in [1.29, 1.82) is 0 Å².